The molecule has 24 heavy (non-hydrogen) atoms. The van der Waals surface area contributed by atoms with Crippen molar-refractivity contribution in [3.8, 4) is 0 Å². The van der Waals surface area contributed by atoms with Gasteiger partial charge in [0.05, 0.1) is 16.8 Å². The van der Waals surface area contributed by atoms with E-state index >= 15 is 0 Å². The lowest BCUT2D eigenvalue weighted by Crippen LogP contribution is -2.46. The molecule has 3 atom stereocenters. The van der Waals surface area contributed by atoms with Crippen LogP contribution in [0, 0.1) is 27.9 Å². The van der Waals surface area contributed by atoms with E-state index in [0.29, 0.717) is 18.8 Å². The third kappa shape index (κ3) is 2.64. The van der Waals surface area contributed by atoms with E-state index in [0.717, 1.165) is 11.4 Å². The fourth-order valence-corrected chi connectivity index (χ4v) is 3.49. The summed E-state index contributed by atoms with van der Waals surface area (Å²) in [4.78, 5) is 47.5. The highest BCUT2D eigenvalue weighted by Gasteiger charge is 2.50. The van der Waals surface area contributed by atoms with Crippen LogP contribution in [0.5, 0.6) is 0 Å². The second-order valence-corrected chi connectivity index (χ2v) is 6.36. The summed E-state index contributed by atoms with van der Waals surface area (Å²) in [5, 5.41) is 11.8. The normalized spacial score (nSPS) is 26.2. The first-order valence-corrected chi connectivity index (χ1v) is 7.82. The summed E-state index contributed by atoms with van der Waals surface area (Å²) in [5.74, 6) is -2.15. The van der Waals surface area contributed by atoms with Crippen molar-refractivity contribution in [3.63, 3.8) is 0 Å². The molecule has 0 spiro atoms. The van der Waals surface area contributed by atoms with Crippen molar-refractivity contribution in [2.75, 3.05) is 0 Å². The Kier molecular flexibility index (Phi) is 4.04. The van der Waals surface area contributed by atoms with E-state index in [9.17, 15) is 24.5 Å². The molecule has 0 radical (unpaired) electrons. The molecule has 1 saturated carbocycles. The number of hydrogen-bond donors (Lipinski definition) is 1. The maximum Gasteiger partial charge on any atom is 0.282 e. The molecule has 1 saturated heterocycles. The average Bonchev–Trinajstić information content (AvgIpc) is 2.79. The van der Waals surface area contributed by atoms with Crippen LogP contribution in [0.25, 0.3) is 0 Å². The number of amides is 3. The van der Waals surface area contributed by atoms with Crippen molar-refractivity contribution in [3.05, 3.63) is 39.9 Å². The zero-order valence-electron chi connectivity index (χ0n) is 13.1. The van der Waals surface area contributed by atoms with E-state index in [4.69, 9.17) is 0 Å². The largest absolute Gasteiger partial charge is 0.282 e. The van der Waals surface area contributed by atoms with E-state index in [1.165, 1.54) is 24.3 Å². The Morgan fingerprint density at radius 1 is 1.21 bits per heavy atom. The first-order chi connectivity index (χ1) is 11.4. The molecule has 1 aliphatic heterocycles. The van der Waals surface area contributed by atoms with Gasteiger partial charge in [0, 0.05) is 6.07 Å². The van der Waals surface area contributed by atoms with Gasteiger partial charge < -0.3 is 0 Å². The molecule has 0 bridgehead atoms. The summed E-state index contributed by atoms with van der Waals surface area (Å²) in [6.07, 6.45) is 2.10. The lowest BCUT2D eigenvalue weighted by Gasteiger charge is -2.25. The number of carbonyl (C=O) groups excluding carboxylic acids is 3. The number of benzene rings is 1. The number of nitrogens with zero attached hydrogens (tertiary/aromatic N) is 2. The number of fused-ring (bicyclic) bond motifs is 1. The molecule has 3 amide bonds. The Labute approximate surface area is 137 Å². The minimum absolute atomic E-state index is 0.189. The van der Waals surface area contributed by atoms with E-state index in [1.54, 1.807) is 0 Å². The van der Waals surface area contributed by atoms with Gasteiger partial charge >= 0.3 is 0 Å². The van der Waals surface area contributed by atoms with Gasteiger partial charge in [-0.3, -0.25) is 29.9 Å². The highest BCUT2D eigenvalue weighted by Crippen LogP contribution is 2.39. The van der Waals surface area contributed by atoms with Crippen LogP contribution < -0.4 is 5.43 Å². The summed E-state index contributed by atoms with van der Waals surface area (Å²) in [6, 6.07) is 5.41. The molecule has 126 valence electrons. The number of carbonyl (C=O) groups is 3. The monoisotopic (exact) mass is 331 g/mol. The van der Waals surface area contributed by atoms with Gasteiger partial charge in [-0.15, -0.1) is 0 Å². The van der Waals surface area contributed by atoms with Crippen molar-refractivity contribution in [1.82, 2.24) is 10.4 Å². The molecule has 0 unspecified atom stereocenters. The van der Waals surface area contributed by atoms with E-state index in [2.05, 4.69) is 5.43 Å². The maximum absolute atomic E-state index is 12.4. The van der Waals surface area contributed by atoms with Crippen LogP contribution in [0.1, 0.15) is 36.5 Å². The number of nitro groups is 1. The molecule has 2 fully saturated rings. The van der Waals surface area contributed by atoms with Crippen LogP contribution in [0.4, 0.5) is 5.69 Å². The SMILES string of the molecule is C[C@@H]1CC[C@H]2C(=O)N(NC(=O)c3ccccc3[N+](=O)[O-])C(=O)[C@H]2C1. The van der Waals surface area contributed by atoms with Crippen molar-refractivity contribution >= 4 is 23.4 Å². The fourth-order valence-electron chi connectivity index (χ4n) is 3.49. The third-order valence-electron chi connectivity index (χ3n) is 4.75. The topological polar surface area (TPSA) is 110 Å². The summed E-state index contributed by atoms with van der Waals surface area (Å²) in [6.45, 7) is 2.03. The number of hydrazine groups is 1. The van der Waals surface area contributed by atoms with Gasteiger partial charge in [-0.25, -0.2) is 0 Å². The second-order valence-electron chi connectivity index (χ2n) is 6.36. The number of para-hydroxylation sites is 1. The van der Waals surface area contributed by atoms with Crippen LogP contribution >= 0.6 is 0 Å². The van der Waals surface area contributed by atoms with Gasteiger partial charge in [0.2, 0.25) is 0 Å². The Morgan fingerprint density at radius 3 is 2.58 bits per heavy atom. The minimum Gasteiger partial charge on any atom is -0.272 e. The van der Waals surface area contributed by atoms with E-state index in [1.807, 2.05) is 6.92 Å². The van der Waals surface area contributed by atoms with Crippen LogP contribution in [-0.4, -0.2) is 27.7 Å². The second kappa shape index (κ2) is 6.03. The minimum atomic E-state index is -0.837. The Morgan fingerprint density at radius 2 is 1.88 bits per heavy atom. The van der Waals surface area contributed by atoms with Crippen LogP contribution in [0.3, 0.4) is 0 Å². The number of nitro benzene ring substituents is 1. The highest BCUT2D eigenvalue weighted by atomic mass is 16.6. The van der Waals surface area contributed by atoms with Crippen LogP contribution in [0.2, 0.25) is 0 Å². The Bertz CT molecular complexity index is 732. The van der Waals surface area contributed by atoms with Gasteiger partial charge in [-0.2, -0.15) is 5.01 Å². The molecule has 1 heterocycles. The molecule has 8 heteroatoms. The molecule has 1 aliphatic carbocycles. The van der Waals surface area contributed by atoms with Gasteiger partial charge in [-0.05, 0) is 31.2 Å². The lowest BCUT2D eigenvalue weighted by atomic mass is 9.76. The lowest BCUT2D eigenvalue weighted by molar-refractivity contribution is -0.385. The van der Waals surface area contributed by atoms with E-state index in [-0.39, 0.29) is 11.3 Å². The van der Waals surface area contributed by atoms with Crippen molar-refractivity contribution in [2.24, 2.45) is 17.8 Å². The van der Waals surface area contributed by atoms with Crippen LogP contribution in [-0.2, 0) is 9.59 Å². The van der Waals surface area contributed by atoms with Gasteiger partial charge in [0.1, 0.15) is 5.56 Å². The Hall–Kier alpha value is -2.77. The molecule has 1 aromatic rings. The molecule has 1 N–H and O–H groups in total. The summed E-state index contributed by atoms with van der Waals surface area (Å²) < 4.78 is 0. The van der Waals surface area contributed by atoms with E-state index < -0.39 is 34.5 Å². The van der Waals surface area contributed by atoms with Gasteiger partial charge in [0.25, 0.3) is 23.4 Å². The van der Waals surface area contributed by atoms with Gasteiger partial charge in [-0.1, -0.05) is 19.1 Å². The molecule has 2 aliphatic rings. The number of nitrogens with one attached hydrogen (secondary N) is 1. The highest BCUT2D eigenvalue weighted by molar-refractivity contribution is 6.08. The van der Waals surface area contributed by atoms with Crippen molar-refractivity contribution in [2.45, 2.75) is 26.2 Å². The number of imide groups is 1. The smallest absolute Gasteiger partial charge is 0.272 e. The average molecular weight is 331 g/mol. The standard InChI is InChI=1S/C16H17N3O5/c1-9-6-7-10-12(8-9)16(22)18(15(10)21)17-14(20)11-4-2-3-5-13(11)19(23)24/h2-5,9-10,12H,6-8H2,1H3,(H,17,20)/t9-,10-,12+/m1/s1. The predicted molar refractivity (Wildman–Crippen MR) is 82.4 cm³/mol. The summed E-state index contributed by atoms with van der Waals surface area (Å²) in [7, 11) is 0. The van der Waals surface area contributed by atoms with Crippen LogP contribution in [0.15, 0.2) is 24.3 Å². The molecular weight excluding hydrogens is 314 g/mol. The molecule has 0 aromatic heterocycles. The number of rotatable bonds is 3. The van der Waals surface area contributed by atoms with Gasteiger partial charge in [0.15, 0.2) is 0 Å². The Balaban J connectivity index is 1.81. The molecule has 1 aromatic carbocycles. The first kappa shape index (κ1) is 16.1. The molecular formula is C16H17N3O5. The molecule has 3 rings (SSSR count). The third-order valence-corrected chi connectivity index (χ3v) is 4.75. The summed E-state index contributed by atoms with van der Waals surface area (Å²) in [5.41, 5.74) is 1.69. The van der Waals surface area contributed by atoms with Crippen molar-refractivity contribution in [1.29, 1.82) is 0 Å². The number of hydrogen-bond acceptors (Lipinski definition) is 5. The van der Waals surface area contributed by atoms with Crippen molar-refractivity contribution < 1.29 is 19.3 Å². The maximum atomic E-state index is 12.4. The zero-order chi connectivity index (χ0) is 17.4. The fraction of sp³-hybridized carbons (Fsp3) is 0.438. The molecule has 8 nitrogen and oxygen atoms in total. The quantitative estimate of drug-likeness (QED) is 0.514. The summed E-state index contributed by atoms with van der Waals surface area (Å²) >= 11 is 0. The zero-order valence-corrected chi connectivity index (χ0v) is 13.1. The predicted octanol–water partition coefficient (Wildman–Crippen LogP) is 1.66. The first-order valence-electron chi connectivity index (χ1n) is 7.82.